The summed E-state index contributed by atoms with van der Waals surface area (Å²) in [6.45, 7) is 6.07. The van der Waals surface area contributed by atoms with Crippen molar-refractivity contribution in [3.05, 3.63) is 75.3 Å². The normalized spacial score (nSPS) is 13.7. The number of nitrogens with zero attached hydrogens (tertiary/aromatic N) is 1. The lowest BCUT2D eigenvalue weighted by Gasteiger charge is -2.20. The van der Waals surface area contributed by atoms with E-state index in [0.29, 0.717) is 5.56 Å². The van der Waals surface area contributed by atoms with Gasteiger partial charge in [-0.15, -0.1) is 0 Å². The minimum atomic E-state index is -0.329. The third-order valence-corrected chi connectivity index (χ3v) is 3.68. The van der Waals surface area contributed by atoms with Crippen LogP contribution in [-0.2, 0) is 0 Å². The number of aryl methyl sites for hydroxylation is 1. The molecule has 0 saturated heterocycles. The Morgan fingerprint density at radius 3 is 2.24 bits per heavy atom. The van der Waals surface area contributed by atoms with Crippen LogP contribution in [0.15, 0.2) is 48.5 Å². The number of nitrogens with one attached hydrogen (secondary N) is 1. The Hall–Kier alpha value is -2.20. The van der Waals surface area contributed by atoms with E-state index in [2.05, 4.69) is 43.4 Å². The lowest BCUT2D eigenvalue weighted by molar-refractivity contribution is -0.385. The molecular formula is C17H20N2O2. The predicted octanol–water partition coefficient (Wildman–Crippen LogP) is 4.32. The van der Waals surface area contributed by atoms with Crippen LogP contribution in [0.3, 0.4) is 0 Å². The molecule has 0 saturated carbocycles. The van der Waals surface area contributed by atoms with E-state index in [1.807, 2.05) is 13.0 Å². The van der Waals surface area contributed by atoms with Gasteiger partial charge >= 0.3 is 0 Å². The Kier molecular flexibility index (Phi) is 4.70. The molecule has 110 valence electrons. The van der Waals surface area contributed by atoms with Crippen LogP contribution in [0.4, 0.5) is 5.69 Å². The summed E-state index contributed by atoms with van der Waals surface area (Å²) in [7, 11) is 0. The second kappa shape index (κ2) is 6.50. The molecule has 0 heterocycles. The summed E-state index contributed by atoms with van der Waals surface area (Å²) >= 11 is 0. The van der Waals surface area contributed by atoms with Crippen molar-refractivity contribution in [2.24, 2.45) is 0 Å². The Balaban J connectivity index is 2.16. The first-order chi connectivity index (χ1) is 9.99. The van der Waals surface area contributed by atoms with Gasteiger partial charge < -0.3 is 5.32 Å². The smallest absolute Gasteiger partial charge is 0.274 e. The van der Waals surface area contributed by atoms with Crippen LogP contribution in [0, 0.1) is 17.0 Å². The fourth-order valence-electron chi connectivity index (χ4n) is 2.44. The van der Waals surface area contributed by atoms with Crippen LogP contribution in [0.2, 0.25) is 0 Å². The summed E-state index contributed by atoms with van der Waals surface area (Å²) in [5.41, 5.74) is 3.26. The van der Waals surface area contributed by atoms with Crippen molar-refractivity contribution in [3.63, 3.8) is 0 Å². The Labute approximate surface area is 125 Å². The first-order valence-electron chi connectivity index (χ1n) is 7.05. The minimum absolute atomic E-state index is 0.0945. The van der Waals surface area contributed by atoms with Gasteiger partial charge in [0.15, 0.2) is 0 Å². The standard InChI is InChI=1S/C17H20N2O2/c1-12-8-10-15(11-9-12)13(2)18-14(3)16-6-4-5-7-17(16)19(20)21/h4-11,13-14,18H,1-3H3/t13-,14?/m0/s1. The maximum Gasteiger partial charge on any atom is 0.274 e. The Morgan fingerprint density at radius 2 is 1.62 bits per heavy atom. The van der Waals surface area contributed by atoms with Crippen molar-refractivity contribution in [2.75, 3.05) is 0 Å². The molecular weight excluding hydrogens is 264 g/mol. The van der Waals surface area contributed by atoms with Crippen LogP contribution in [0.25, 0.3) is 0 Å². The maximum atomic E-state index is 11.1. The van der Waals surface area contributed by atoms with Crippen molar-refractivity contribution < 1.29 is 4.92 Å². The summed E-state index contributed by atoms with van der Waals surface area (Å²) in [6, 6.07) is 15.2. The number of para-hydroxylation sites is 1. The van der Waals surface area contributed by atoms with Gasteiger partial charge in [-0.3, -0.25) is 10.1 Å². The quantitative estimate of drug-likeness (QED) is 0.657. The molecule has 2 aromatic rings. The topological polar surface area (TPSA) is 55.2 Å². The molecule has 1 N–H and O–H groups in total. The van der Waals surface area contributed by atoms with E-state index >= 15 is 0 Å². The molecule has 2 aromatic carbocycles. The minimum Gasteiger partial charge on any atom is -0.303 e. The van der Waals surface area contributed by atoms with Crippen LogP contribution < -0.4 is 5.32 Å². The van der Waals surface area contributed by atoms with Crippen molar-refractivity contribution in [2.45, 2.75) is 32.9 Å². The molecule has 0 aromatic heterocycles. The largest absolute Gasteiger partial charge is 0.303 e. The van der Waals surface area contributed by atoms with Gasteiger partial charge in [0.25, 0.3) is 5.69 Å². The lowest BCUT2D eigenvalue weighted by Crippen LogP contribution is -2.23. The number of rotatable bonds is 5. The highest BCUT2D eigenvalue weighted by Gasteiger charge is 2.19. The SMILES string of the molecule is Cc1ccc([C@H](C)NC(C)c2ccccc2[N+](=O)[O-])cc1. The summed E-state index contributed by atoms with van der Waals surface area (Å²) in [6.07, 6.45) is 0. The predicted molar refractivity (Wildman–Crippen MR) is 84.2 cm³/mol. The molecule has 21 heavy (non-hydrogen) atoms. The zero-order valence-electron chi connectivity index (χ0n) is 12.5. The molecule has 2 rings (SSSR count). The summed E-state index contributed by atoms with van der Waals surface area (Å²) in [4.78, 5) is 10.8. The van der Waals surface area contributed by atoms with Crippen molar-refractivity contribution in [1.82, 2.24) is 5.32 Å². The van der Waals surface area contributed by atoms with Gasteiger partial charge in [-0.2, -0.15) is 0 Å². The first-order valence-corrected chi connectivity index (χ1v) is 7.05. The zero-order valence-corrected chi connectivity index (χ0v) is 12.5. The molecule has 4 heteroatoms. The second-order valence-electron chi connectivity index (χ2n) is 5.34. The van der Waals surface area contributed by atoms with Crippen molar-refractivity contribution in [1.29, 1.82) is 0 Å². The van der Waals surface area contributed by atoms with Crippen LogP contribution in [0.1, 0.15) is 42.6 Å². The molecule has 4 nitrogen and oxygen atoms in total. The monoisotopic (exact) mass is 284 g/mol. The van der Waals surface area contributed by atoms with E-state index < -0.39 is 0 Å². The molecule has 0 radical (unpaired) electrons. The van der Waals surface area contributed by atoms with Gasteiger partial charge in [-0.05, 0) is 26.3 Å². The number of hydrogen-bond acceptors (Lipinski definition) is 3. The van der Waals surface area contributed by atoms with Gasteiger partial charge in [0, 0.05) is 23.7 Å². The van der Waals surface area contributed by atoms with Gasteiger partial charge in [0.1, 0.15) is 0 Å². The van der Waals surface area contributed by atoms with E-state index in [1.165, 1.54) is 11.1 Å². The molecule has 2 atom stereocenters. The number of nitro benzene ring substituents is 1. The van der Waals surface area contributed by atoms with Gasteiger partial charge in [0.2, 0.25) is 0 Å². The summed E-state index contributed by atoms with van der Waals surface area (Å²) in [5, 5.41) is 14.5. The van der Waals surface area contributed by atoms with E-state index in [1.54, 1.807) is 18.2 Å². The molecule has 0 bridgehead atoms. The lowest BCUT2D eigenvalue weighted by atomic mass is 10.0. The molecule has 0 aliphatic rings. The average molecular weight is 284 g/mol. The Bertz CT molecular complexity index is 623. The highest BCUT2D eigenvalue weighted by atomic mass is 16.6. The van der Waals surface area contributed by atoms with Crippen LogP contribution >= 0.6 is 0 Å². The number of hydrogen-bond donors (Lipinski definition) is 1. The number of benzene rings is 2. The summed E-state index contributed by atoms with van der Waals surface area (Å²) < 4.78 is 0. The average Bonchev–Trinajstić information content (AvgIpc) is 2.47. The zero-order chi connectivity index (χ0) is 15.4. The van der Waals surface area contributed by atoms with Crippen LogP contribution in [0.5, 0.6) is 0 Å². The van der Waals surface area contributed by atoms with Crippen molar-refractivity contribution in [3.8, 4) is 0 Å². The van der Waals surface area contributed by atoms with Crippen molar-refractivity contribution >= 4 is 5.69 Å². The molecule has 0 fully saturated rings. The molecule has 0 aliphatic heterocycles. The molecule has 0 aliphatic carbocycles. The molecule has 0 amide bonds. The fraction of sp³-hybridized carbons (Fsp3) is 0.294. The van der Waals surface area contributed by atoms with E-state index in [-0.39, 0.29) is 22.7 Å². The molecule has 1 unspecified atom stereocenters. The number of nitro groups is 1. The first kappa shape index (κ1) is 15.2. The van der Waals surface area contributed by atoms with E-state index in [0.717, 1.165) is 0 Å². The Morgan fingerprint density at radius 1 is 1.00 bits per heavy atom. The van der Waals surface area contributed by atoms with Gasteiger partial charge in [-0.1, -0.05) is 48.0 Å². The van der Waals surface area contributed by atoms with Gasteiger partial charge in [0.05, 0.1) is 4.92 Å². The van der Waals surface area contributed by atoms with E-state index in [4.69, 9.17) is 0 Å². The maximum absolute atomic E-state index is 11.1. The second-order valence-corrected chi connectivity index (χ2v) is 5.34. The third kappa shape index (κ3) is 3.67. The van der Waals surface area contributed by atoms with Crippen LogP contribution in [-0.4, -0.2) is 4.92 Å². The highest BCUT2D eigenvalue weighted by molar-refractivity contribution is 5.42. The highest BCUT2D eigenvalue weighted by Crippen LogP contribution is 2.26. The fourth-order valence-corrected chi connectivity index (χ4v) is 2.44. The summed E-state index contributed by atoms with van der Waals surface area (Å²) in [5.74, 6) is 0. The molecule has 0 spiro atoms. The van der Waals surface area contributed by atoms with E-state index in [9.17, 15) is 10.1 Å². The van der Waals surface area contributed by atoms with Gasteiger partial charge in [-0.25, -0.2) is 0 Å². The third-order valence-electron chi connectivity index (χ3n) is 3.68.